The Morgan fingerprint density at radius 2 is 1.75 bits per heavy atom. The Hall–Kier alpha value is -4.36. The molecular weight excluding hydrogens is 602 g/mol. The van der Waals surface area contributed by atoms with Crippen LogP contribution in [0.4, 0.5) is 5.69 Å². The Balaban J connectivity index is 1.71. The maximum Gasteiger partial charge on any atom is 0.296 e. The third-order valence-electron chi connectivity index (χ3n) is 6.07. The molecule has 3 aromatic carbocycles. The number of ether oxygens (including phenoxy) is 1. The lowest BCUT2D eigenvalue weighted by molar-refractivity contribution is -0.119. The molecule has 0 spiro atoms. The number of hydrogen-bond donors (Lipinski definition) is 2. The SMILES string of the molecule is COc1cc(/C=N\NC(=O)CN(c2c(C)n(C)n(-c3ccccc3)c2=O)S(=O)(=O)c2ccccc2)cc(Br)c1O. The molecule has 1 amide bonds. The van der Waals surface area contributed by atoms with E-state index in [1.165, 1.54) is 40.9 Å². The van der Waals surface area contributed by atoms with Gasteiger partial charge in [-0.05, 0) is 64.8 Å². The number of nitrogens with zero attached hydrogens (tertiary/aromatic N) is 4. The first kappa shape index (κ1) is 28.6. The summed E-state index contributed by atoms with van der Waals surface area (Å²) in [5.74, 6) is -0.684. The van der Waals surface area contributed by atoms with Gasteiger partial charge in [0, 0.05) is 7.05 Å². The third-order valence-corrected chi connectivity index (χ3v) is 8.43. The fraction of sp³-hybridized carbons (Fsp3) is 0.148. The van der Waals surface area contributed by atoms with E-state index in [0.717, 1.165) is 4.31 Å². The summed E-state index contributed by atoms with van der Waals surface area (Å²) in [5, 5.41) is 13.9. The number of methoxy groups -OCH3 is 1. The zero-order chi connectivity index (χ0) is 29.0. The minimum Gasteiger partial charge on any atom is -0.503 e. The lowest BCUT2D eigenvalue weighted by Crippen LogP contribution is -2.42. The van der Waals surface area contributed by atoms with Crippen molar-refractivity contribution in [2.75, 3.05) is 18.0 Å². The summed E-state index contributed by atoms with van der Waals surface area (Å²) in [7, 11) is -1.31. The number of halogens is 1. The second-order valence-corrected chi connectivity index (χ2v) is 11.3. The number of nitrogens with one attached hydrogen (secondary N) is 1. The Morgan fingerprint density at radius 1 is 1.12 bits per heavy atom. The van der Waals surface area contributed by atoms with E-state index in [-0.39, 0.29) is 22.1 Å². The van der Waals surface area contributed by atoms with E-state index in [9.17, 15) is 23.1 Å². The molecule has 13 heteroatoms. The van der Waals surface area contributed by atoms with Crippen molar-refractivity contribution in [3.8, 4) is 17.2 Å². The smallest absolute Gasteiger partial charge is 0.296 e. The fourth-order valence-electron chi connectivity index (χ4n) is 4.01. The molecule has 0 radical (unpaired) electrons. The van der Waals surface area contributed by atoms with E-state index >= 15 is 0 Å². The molecule has 0 atom stereocenters. The topological polar surface area (TPSA) is 135 Å². The maximum absolute atomic E-state index is 13.8. The van der Waals surface area contributed by atoms with E-state index in [1.54, 1.807) is 68.6 Å². The number of aromatic nitrogens is 2. The molecule has 40 heavy (non-hydrogen) atoms. The van der Waals surface area contributed by atoms with Crippen molar-refractivity contribution < 1.29 is 23.1 Å². The quantitative estimate of drug-likeness (QED) is 0.216. The number of hydrogen-bond acceptors (Lipinski definition) is 7. The zero-order valence-corrected chi connectivity index (χ0v) is 24.2. The number of carbonyl (C=O) groups excluding carboxylic acids is 1. The average molecular weight is 629 g/mol. The van der Waals surface area contributed by atoms with Gasteiger partial charge in [-0.3, -0.25) is 14.3 Å². The van der Waals surface area contributed by atoms with Crippen LogP contribution in [-0.2, 0) is 21.9 Å². The minimum atomic E-state index is -4.33. The van der Waals surface area contributed by atoms with E-state index in [2.05, 4.69) is 26.5 Å². The Kier molecular flexibility index (Phi) is 8.45. The molecule has 0 aliphatic rings. The first-order chi connectivity index (χ1) is 19.1. The number of aromatic hydroxyl groups is 1. The highest BCUT2D eigenvalue weighted by atomic mass is 79.9. The molecule has 0 fully saturated rings. The van der Waals surface area contributed by atoms with Crippen molar-refractivity contribution in [3.63, 3.8) is 0 Å². The van der Waals surface area contributed by atoms with Crippen LogP contribution in [0.25, 0.3) is 5.69 Å². The number of rotatable bonds is 9. The molecule has 2 N–H and O–H groups in total. The molecule has 0 saturated carbocycles. The molecule has 0 unspecified atom stereocenters. The number of anilines is 1. The van der Waals surface area contributed by atoms with Gasteiger partial charge in [-0.15, -0.1) is 0 Å². The molecule has 0 aliphatic carbocycles. The number of para-hydroxylation sites is 1. The van der Waals surface area contributed by atoms with Crippen LogP contribution in [-0.4, -0.2) is 48.7 Å². The molecule has 208 valence electrons. The van der Waals surface area contributed by atoms with E-state index in [0.29, 0.717) is 21.4 Å². The summed E-state index contributed by atoms with van der Waals surface area (Å²) < 4.78 is 36.7. The minimum absolute atomic E-state index is 0.0822. The Bertz CT molecular complexity index is 1730. The van der Waals surface area contributed by atoms with E-state index in [1.807, 2.05) is 0 Å². The molecule has 11 nitrogen and oxygen atoms in total. The van der Waals surface area contributed by atoms with Crippen LogP contribution >= 0.6 is 15.9 Å². The summed E-state index contributed by atoms with van der Waals surface area (Å²) in [4.78, 5) is 26.6. The van der Waals surface area contributed by atoms with Gasteiger partial charge in [0.1, 0.15) is 12.2 Å². The van der Waals surface area contributed by atoms with Gasteiger partial charge in [0.25, 0.3) is 21.5 Å². The van der Waals surface area contributed by atoms with Crippen LogP contribution in [0, 0.1) is 6.92 Å². The predicted octanol–water partition coefficient (Wildman–Crippen LogP) is 3.31. The highest BCUT2D eigenvalue weighted by Gasteiger charge is 2.33. The summed E-state index contributed by atoms with van der Waals surface area (Å²) in [5.41, 5.74) is 2.89. The van der Waals surface area contributed by atoms with Crippen LogP contribution < -0.4 is 20.0 Å². The monoisotopic (exact) mass is 627 g/mol. The van der Waals surface area contributed by atoms with Crippen LogP contribution in [0.1, 0.15) is 11.3 Å². The summed E-state index contributed by atoms with van der Waals surface area (Å²) in [6.07, 6.45) is 1.30. The second-order valence-electron chi connectivity index (χ2n) is 8.58. The van der Waals surface area contributed by atoms with Crippen molar-refractivity contribution in [1.29, 1.82) is 0 Å². The van der Waals surface area contributed by atoms with Gasteiger partial charge in [0.05, 0.1) is 34.1 Å². The first-order valence-corrected chi connectivity index (χ1v) is 14.1. The number of carbonyl (C=O) groups is 1. The van der Waals surface area contributed by atoms with Gasteiger partial charge < -0.3 is 9.84 Å². The molecule has 4 rings (SSSR count). The average Bonchev–Trinajstić information content (AvgIpc) is 3.17. The van der Waals surface area contributed by atoms with Crippen LogP contribution in [0.2, 0.25) is 0 Å². The first-order valence-electron chi connectivity index (χ1n) is 11.9. The highest BCUT2D eigenvalue weighted by molar-refractivity contribution is 9.10. The summed E-state index contributed by atoms with van der Waals surface area (Å²) in [6.45, 7) is 0.891. The molecule has 1 heterocycles. The summed E-state index contributed by atoms with van der Waals surface area (Å²) in [6, 6.07) is 19.4. The molecule has 1 aromatic heterocycles. The molecule has 4 aromatic rings. The highest BCUT2D eigenvalue weighted by Crippen LogP contribution is 2.34. The van der Waals surface area contributed by atoms with Crippen molar-refractivity contribution in [2.45, 2.75) is 11.8 Å². The Labute approximate surface area is 239 Å². The summed E-state index contributed by atoms with van der Waals surface area (Å²) >= 11 is 3.21. The second kappa shape index (κ2) is 11.8. The van der Waals surface area contributed by atoms with Crippen molar-refractivity contribution >= 4 is 43.8 Å². The number of hydrazone groups is 1. The van der Waals surface area contributed by atoms with Crippen LogP contribution in [0.3, 0.4) is 0 Å². The normalized spacial score (nSPS) is 11.5. The van der Waals surface area contributed by atoms with E-state index in [4.69, 9.17) is 4.74 Å². The number of phenols is 1. The van der Waals surface area contributed by atoms with Crippen LogP contribution in [0.15, 0.2) is 92.1 Å². The zero-order valence-electron chi connectivity index (χ0n) is 21.8. The van der Waals surface area contributed by atoms with Gasteiger partial charge in [0.2, 0.25) is 0 Å². The number of phenolic OH excluding ortho intramolecular Hbond substituents is 1. The van der Waals surface area contributed by atoms with Crippen molar-refractivity contribution in [3.05, 3.63) is 98.9 Å². The van der Waals surface area contributed by atoms with Gasteiger partial charge >= 0.3 is 0 Å². The molecular formula is C27H26BrN5O6S. The van der Waals surface area contributed by atoms with Gasteiger partial charge in [-0.1, -0.05) is 36.4 Å². The predicted molar refractivity (Wildman–Crippen MR) is 155 cm³/mol. The van der Waals surface area contributed by atoms with Crippen molar-refractivity contribution in [1.82, 2.24) is 14.8 Å². The lowest BCUT2D eigenvalue weighted by atomic mass is 10.2. The Morgan fingerprint density at radius 3 is 2.38 bits per heavy atom. The molecule has 0 bridgehead atoms. The number of sulfonamides is 1. The standard InChI is InChI=1S/C27H26BrN5O6S/c1-18-25(27(36)33(31(18)2)20-10-6-4-7-11-20)32(40(37,38)21-12-8-5-9-13-21)17-24(34)30-29-16-19-14-22(28)26(35)23(15-19)39-3/h4-16,35H,17H2,1-3H3,(H,30,34)/b29-16-. The number of amides is 1. The lowest BCUT2D eigenvalue weighted by Gasteiger charge is -2.22. The van der Waals surface area contributed by atoms with Crippen LogP contribution in [0.5, 0.6) is 11.5 Å². The fourth-order valence-corrected chi connectivity index (χ4v) is 5.97. The maximum atomic E-state index is 13.8. The van der Waals surface area contributed by atoms with Gasteiger partial charge in [-0.2, -0.15) is 5.10 Å². The third kappa shape index (κ3) is 5.65. The van der Waals surface area contributed by atoms with Gasteiger partial charge in [0.15, 0.2) is 11.5 Å². The largest absolute Gasteiger partial charge is 0.503 e. The van der Waals surface area contributed by atoms with Gasteiger partial charge in [-0.25, -0.2) is 22.8 Å². The molecule has 0 saturated heterocycles. The molecule has 0 aliphatic heterocycles. The number of benzene rings is 3. The van der Waals surface area contributed by atoms with Crippen molar-refractivity contribution in [2.24, 2.45) is 12.1 Å². The van der Waals surface area contributed by atoms with E-state index < -0.39 is 28.0 Å².